The maximum Gasteiger partial charge on any atom is 0.122 e. The summed E-state index contributed by atoms with van der Waals surface area (Å²) in [6.07, 6.45) is 1.68. The molecule has 0 bridgehead atoms. The standard InChI is InChI=1S/C16H24N2O/c1-5-10-18-16(4,12-17)11-14(3)19-15-9-7-6-8-13(15)2/h6-9,14,18H,5,10-11H2,1-4H3. The van der Waals surface area contributed by atoms with Crippen LogP contribution in [0.5, 0.6) is 5.75 Å². The Morgan fingerprint density at radius 2 is 2.11 bits per heavy atom. The van der Waals surface area contributed by atoms with Crippen molar-refractivity contribution in [2.24, 2.45) is 0 Å². The fourth-order valence-corrected chi connectivity index (χ4v) is 2.08. The van der Waals surface area contributed by atoms with Crippen LogP contribution in [-0.2, 0) is 0 Å². The molecule has 19 heavy (non-hydrogen) atoms. The van der Waals surface area contributed by atoms with Crippen molar-refractivity contribution in [2.45, 2.75) is 52.2 Å². The fourth-order valence-electron chi connectivity index (χ4n) is 2.08. The van der Waals surface area contributed by atoms with Gasteiger partial charge in [0.2, 0.25) is 0 Å². The first-order valence-electron chi connectivity index (χ1n) is 6.89. The third kappa shape index (κ3) is 4.92. The number of rotatable bonds is 7. The first-order chi connectivity index (χ1) is 9.00. The van der Waals surface area contributed by atoms with E-state index in [9.17, 15) is 5.26 Å². The summed E-state index contributed by atoms with van der Waals surface area (Å²) in [6, 6.07) is 10.3. The largest absolute Gasteiger partial charge is 0.490 e. The molecule has 1 aromatic carbocycles. The van der Waals surface area contributed by atoms with Crippen LogP contribution in [-0.4, -0.2) is 18.2 Å². The molecule has 0 fully saturated rings. The summed E-state index contributed by atoms with van der Waals surface area (Å²) >= 11 is 0. The van der Waals surface area contributed by atoms with E-state index in [-0.39, 0.29) is 6.10 Å². The fraction of sp³-hybridized carbons (Fsp3) is 0.562. The summed E-state index contributed by atoms with van der Waals surface area (Å²) in [5.74, 6) is 0.894. The van der Waals surface area contributed by atoms with Gasteiger partial charge >= 0.3 is 0 Å². The highest BCUT2D eigenvalue weighted by Crippen LogP contribution is 2.21. The van der Waals surface area contributed by atoms with E-state index in [1.165, 1.54) is 0 Å². The highest BCUT2D eigenvalue weighted by molar-refractivity contribution is 5.32. The Balaban J connectivity index is 2.61. The van der Waals surface area contributed by atoms with Crippen LogP contribution < -0.4 is 10.1 Å². The summed E-state index contributed by atoms with van der Waals surface area (Å²) < 4.78 is 5.93. The number of benzene rings is 1. The van der Waals surface area contributed by atoms with Crippen LogP contribution in [0.25, 0.3) is 0 Å². The summed E-state index contributed by atoms with van der Waals surface area (Å²) in [5, 5.41) is 12.6. The van der Waals surface area contributed by atoms with Crippen LogP contribution in [0.15, 0.2) is 24.3 Å². The highest BCUT2D eigenvalue weighted by Gasteiger charge is 2.26. The Hall–Kier alpha value is -1.53. The van der Waals surface area contributed by atoms with Crippen LogP contribution in [0.1, 0.15) is 39.2 Å². The molecular formula is C16H24N2O. The van der Waals surface area contributed by atoms with Gasteiger partial charge in [0.15, 0.2) is 0 Å². The van der Waals surface area contributed by atoms with E-state index < -0.39 is 5.54 Å². The van der Waals surface area contributed by atoms with Gasteiger partial charge in [0.05, 0.1) is 12.2 Å². The van der Waals surface area contributed by atoms with Gasteiger partial charge in [-0.25, -0.2) is 0 Å². The van der Waals surface area contributed by atoms with Crippen molar-refractivity contribution in [1.82, 2.24) is 5.32 Å². The first-order valence-corrected chi connectivity index (χ1v) is 6.89. The predicted octanol–water partition coefficient (Wildman–Crippen LogP) is 3.43. The van der Waals surface area contributed by atoms with Gasteiger partial charge in [-0.15, -0.1) is 0 Å². The van der Waals surface area contributed by atoms with Crippen LogP contribution in [0.4, 0.5) is 0 Å². The lowest BCUT2D eigenvalue weighted by Gasteiger charge is -2.27. The third-order valence-corrected chi connectivity index (χ3v) is 3.13. The molecule has 0 heterocycles. The number of nitriles is 1. The molecule has 2 unspecified atom stereocenters. The molecule has 0 aliphatic rings. The number of ether oxygens (including phenoxy) is 1. The second-order valence-corrected chi connectivity index (χ2v) is 5.27. The maximum absolute atomic E-state index is 9.31. The summed E-state index contributed by atoms with van der Waals surface area (Å²) in [5.41, 5.74) is 0.590. The van der Waals surface area contributed by atoms with Gasteiger partial charge in [-0.1, -0.05) is 25.1 Å². The van der Waals surface area contributed by atoms with Gasteiger partial charge in [-0.05, 0) is 45.4 Å². The monoisotopic (exact) mass is 260 g/mol. The Bertz CT molecular complexity index is 439. The van der Waals surface area contributed by atoms with Gasteiger partial charge in [-0.2, -0.15) is 5.26 Å². The smallest absolute Gasteiger partial charge is 0.122 e. The average molecular weight is 260 g/mol. The van der Waals surface area contributed by atoms with Crippen LogP contribution in [0.2, 0.25) is 0 Å². The minimum atomic E-state index is -0.530. The molecule has 1 aromatic rings. The van der Waals surface area contributed by atoms with E-state index >= 15 is 0 Å². The van der Waals surface area contributed by atoms with Crippen molar-refractivity contribution < 1.29 is 4.74 Å². The van der Waals surface area contributed by atoms with Crippen molar-refractivity contribution >= 4 is 0 Å². The molecule has 0 saturated carbocycles. The summed E-state index contributed by atoms with van der Waals surface area (Å²) in [7, 11) is 0. The maximum atomic E-state index is 9.31. The van der Waals surface area contributed by atoms with Gasteiger partial charge in [0, 0.05) is 6.42 Å². The summed E-state index contributed by atoms with van der Waals surface area (Å²) in [6.45, 7) is 8.91. The number of hydrogen-bond acceptors (Lipinski definition) is 3. The molecule has 0 aliphatic heterocycles. The first kappa shape index (κ1) is 15.5. The van der Waals surface area contributed by atoms with Crippen molar-refractivity contribution in [3.63, 3.8) is 0 Å². The molecule has 0 radical (unpaired) electrons. The lowest BCUT2D eigenvalue weighted by molar-refractivity contribution is 0.179. The zero-order valence-corrected chi connectivity index (χ0v) is 12.4. The molecular weight excluding hydrogens is 236 g/mol. The van der Waals surface area contributed by atoms with Crippen molar-refractivity contribution in [3.8, 4) is 11.8 Å². The van der Waals surface area contributed by atoms with Gasteiger partial charge in [0.1, 0.15) is 11.3 Å². The second kappa shape index (κ2) is 7.16. The van der Waals surface area contributed by atoms with Crippen LogP contribution in [0, 0.1) is 18.3 Å². The van der Waals surface area contributed by atoms with Crippen LogP contribution >= 0.6 is 0 Å². The zero-order valence-electron chi connectivity index (χ0n) is 12.4. The Morgan fingerprint density at radius 1 is 1.42 bits per heavy atom. The zero-order chi connectivity index (χ0) is 14.3. The number of nitrogens with zero attached hydrogens (tertiary/aromatic N) is 1. The van der Waals surface area contributed by atoms with E-state index in [0.717, 1.165) is 24.3 Å². The van der Waals surface area contributed by atoms with E-state index in [4.69, 9.17) is 4.74 Å². The molecule has 2 atom stereocenters. The molecule has 0 spiro atoms. The predicted molar refractivity (Wildman–Crippen MR) is 78.2 cm³/mol. The molecule has 0 amide bonds. The molecule has 104 valence electrons. The minimum Gasteiger partial charge on any atom is -0.490 e. The van der Waals surface area contributed by atoms with E-state index in [0.29, 0.717) is 6.42 Å². The van der Waals surface area contributed by atoms with E-state index in [1.807, 2.05) is 45.0 Å². The van der Waals surface area contributed by atoms with Crippen molar-refractivity contribution in [3.05, 3.63) is 29.8 Å². The number of aryl methyl sites for hydroxylation is 1. The lowest BCUT2D eigenvalue weighted by Crippen LogP contribution is -2.44. The number of para-hydroxylation sites is 1. The molecule has 3 heteroatoms. The Labute approximate surface area is 116 Å². The molecule has 1 rings (SSSR count). The quantitative estimate of drug-likeness (QED) is 0.817. The molecule has 3 nitrogen and oxygen atoms in total. The highest BCUT2D eigenvalue weighted by atomic mass is 16.5. The second-order valence-electron chi connectivity index (χ2n) is 5.27. The molecule has 0 saturated heterocycles. The van der Waals surface area contributed by atoms with Gasteiger partial charge in [-0.3, -0.25) is 5.32 Å². The normalized spacial score (nSPS) is 15.3. The van der Waals surface area contributed by atoms with Crippen LogP contribution in [0.3, 0.4) is 0 Å². The van der Waals surface area contributed by atoms with E-state index in [1.54, 1.807) is 0 Å². The Kier molecular flexibility index (Phi) is 5.85. The van der Waals surface area contributed by atoms with E-state index in [2.05, 4.69) is 18.3 Å². The average Bonchev–Trinajstić information content (AvgIpc) is 2.39. The third-order valence-electron chi connectivity index (χ3n) is 3.13. The van der Waals surface area contributed by atoms with Gasteiger partial charge < -0.3 is 4.74 Å². The number of nitrogens with one attached hydrogen (secondary N) is 1. The van der Waals surface area contributed by atoms with Crippen molar-refractivity contribution in [2.75, 3.05) is 6.54 Å². The molecule has 0 aliphatic carbocycles. The minimum absolute atomic E-state index is 0.00453. The lowest BCUT2D eigenvalue weighted by atomic mass is 9.96. The van der Waals surface area contributed by atoms with Gasteiger partial charge in [0.25, 0.3) is 0 Å². The number of hydrogen-bond donors (Lipinski definition) is 1. The topological polar surface area (TPSA) is 45.0 Å². The summed E-state index contributed by atoms with van der Waals surface area (Å²) in [4.78, 5) is 0. The SMILES string of the molecule is CCCNC(C)(C#N)CC(C)Oc1ccccc1C. The van der Waals surface area contributed by atoms with Crippen molar-refractivity contribution in [1.29, 1.82) is 5.26 Å². The Morgan fingerprint density at radius 3 is 2.68 bits per heavy atom. The molecule has 1 N–H and O–H groups in total. The molecule has 0 aromatic heterocycles.